The highest BCUT2D eigenvalue weighted by atomic mass is 32.1. The average Bonchev–Trinajstić information content (AvgIpc) is 3.43. The highest BCUT2D eigenvalue weighted by Crippen LogP contribution is 2.46. The fourth-order valence-corrected chi connectivity index (χ4v) is 5.52. The van der Waals surface area contributed by atoms with Gasteiger partial charge in [-0.2, -0.15) is 0 Å². The third kappa shape index (κ3) is 4.22. The summed E-state index contributed by atoms with van der Waals surface area (Å²) in [5, 5.41) is 16.0. The van der Waals surface area contributed by atoms with Crippen LogP contribution in [0.4, 0.5) is 11.4 Å². The monoisotopic (exact) mass is 529 g/mol. The van der Waals surface area contributed by atoms with E-state index >= 15 is 0 Å². The third-order valence-corrected chi connectivity index (χ3v) is 7.17. The van der Waals surface area contributed by atoms with Crippen LogP contribution in [0.25, 0.3) is 5.69 Å². The first-order valence-electron chi connectivity index (χ1n) is 12.0. The lowest BCUT2D eigenvalue weighted by Crippen LogP contribution is -2.30. The zero-order valence-electron chi connectivity index (χ0n) is 21.4. The number of para-hydroxylation sites is 2. The van der Waals surface area contributed by atoms with Crippen LogP contribution in [0.1, 0.15) is 34.7 Å². The summed E-state index contributed by atoms with van der Waals surface area (Å²) >= 11 is 5.86. The summed E-state index contributed by atoms with van der Waals surface area (Å²) < 4.78 is 12.8. The number of nitrogens with zero attached hydrogens (tertiary/aromatic N) is 4. The standard InChI is InChI=1S/C28H27N5O4S/c1-17-15-20(18(2)31(17)22-13-12-19(36-3)16-24(22)33(34)35)27-26(21-9-7-8-14-29-21)30-28(38)32(27)23-10-5-6-11-25(23)37-4/h5-16,26-27H,1-4H3,(H,30,38)/t26-,27+/m0/s1. The summed E-state index contributed by atoms with van der Waals surface area (Å²) in [6.45, 7) is 3.90. The van der Waals surface area contributed by atoms with E-state index in [2.05, 4.69) is 16.4 Å². The van der Waals surface area contributed by atoms with Crippen LogP contribution < -0.4 is 19.7 Å². The first kappa shape index (κ1) is 25.2. The predicted molar refractivity (Wildman–Crippen MR) is 149 cm³/mol. The molecule has 38 heavy (non-hydrogen) atoms. The zero-order valence-corrected chi connectivity index (χ0v) is 22.2. The molecule has 1 aliphatic heterocycles. The second-order valence-corrected chi connectivity index (χ2v) is 9.33. The van der Waals surface area contributed by atoms with Crippen LogP contribution in [0.2, 0.25) is 0 Å². The van der Waals surface area contributed by atoms with Crippen LogP contribution in [0.3, 0.4) is 0 Å². The van der Waals surface area contributed by atoms with Gasteiger partial charge >= 0.3 is 0 Å². The molecule has 2 aromatic heterocycles. The minimum absolute atomic E-state index is 0.0411. The van der Waals surface area contributed by atoms with Gasteiger partial charge in [0.25, 0.3) is 5.69 Å². The van der Waals surface area contributed by atoms with Crippen molar-refractivity contribution >= 4 is 28.7 Å². The van der Waals surface area contributed by atoms with Gasteiger partial charge in [-0.05, 0) is 74.1 Å². The van der Waals surface area contributed by atoms with Gasteiger partial charge in [0.15, 0.2) is 5.11 Å². The molecule has 9 nitrogen and oxygen atoms in total. The Bertz CT molecular complexity index is 1520. The van der Waals surface area contributed by atoms with Gasteiger partial charge in [0, 0.05) is 17.6 Å². The predicted octanol–water partition coefficient (Wildman–Crippen LogP) is 5.59. The Morgan fingerprint density at radius 2 is 1.76 bits per heavy atom. The Morgan fingerprint density at radius 1 is 1.00 bits per heavy atom. The average molecular weight is 530 g/mol. The van der Waals surface area contributed by atoms with Crippen molar-refractivity contribution in [1.29, 1.82) is 0 Å². The molecule has 3 heterocycles. The minimum Gasteiger partial charge on any atom is -0.496 e. The fraction of sp³-hybridized carbons (Fsp3) is 0.214. The quantitative estimate of drug-likeness (QED) is 0.188. The lowest BCUT2D eigenvalue weighted by Gasteiger charge is -2.29. The first-order valence-corrected chi connectivity index (χ1v) is 12.4. The summed E-state index contributed by atoms with van der Waals surface area (Å²) in [5.74, 6) is 1.11. The van der Waals surface area contributed by atoms with E-state index in [9.17, 15) is 10.1 Å². The number of aryl methyl sites for hydroxylation is 1. The van der Waals surface area contributed by atoms with Gasteiger partial charge in [-0.25, -0.2) is 0 Å². The fourth-order valence-electron chi connectivity index (χ4n) is 5.18. The number of aromatic nitrogens is 2. The molecule has 0 aliphatic carbocycles. The Hall–Kier alpha value is -4.44. The van der Waals surface area contributed by atoms with E-state index < -0.39 is 0 Å². The molecule has 4 aromatic rings. The number of nitro groups is 1. The van der Waals surface area contributed by atoms with E-state index in [1.165, 1.54) is 13.2 Å². The van der Waals surface area contributed by atoms with E-state index in [0.717, 1.165) is 28.3 Å². The van der Waals surface area contributed by atoms with Crippen molar-refractivity contribution in [2.45, 2.75) is 25.9 Å². The molecule has 1 N–H and O–H groups in total. The van der Waals surface area contributed by atoms with Crippen LogP contribution in [0.5, 0.6) is 11.5 Å². The maximum absolute atomic E-state index is 12.0. The molecule has 0 spiro atoms. The normalized spacial score (nSPS) is 16.8. The maximum Gasteiger partial charge on any atom is 0.296 e. The minimum atomic E-state index is -0.388. The van der Waals surface area contributed by atoms with Crippen molar-refractivity contribution in [3.05, 3.63) is 106 Å². The first-order chi connectivity index (χ1) is 18.3. The number of pyridine rings is 1. The lowest BCUT2D eigenvalue weighted by molar-refractivity contribution is -0.384. The van der Waals surface area contributed by atoms with Gasteiger partial charge in [-0.15, -0.1) is 0 Å². The Labute approximate surface area is 225 Å². The van der Waals surface area contributed by atoms with Crippen LogP contribution in [0.15, 0.2) is 72.9 Å². The van der Waals surface area contributed by atoms with Gasteiger partial charge in [-0.1, -0.05) is 18.2 Å². The maximum atomic E-state index is 12.0. The van der Waals surface area contributed by atoms with Gasteiger partial charge in [0.05, 0.1) is 48.7 Å². The largest absolute Gasteiger partial charge is 0.496 e. The van der Waals surface area contributed by atoms with Crippen molar-refractivity contribution in [2.24, 2.45) is 0 Å². The van der Waals surface area contributed by atoms with Crippen LogP contribution in [-0.2, 0) is 0 Å². The summed E-state index contributed by atoms with van der Waals surface area (Å²) in [7, 11) is 3.12. The molecule has 1 saturated heterocycles. The number of benzene rings is 2. The number of rotatable bonds is 7. The molecule has 0 unspecified atom stereocenters. The molecule has 1 aliphatic rings. The second kappa shape index (κ2) is 10.1. The molecular formula is C28H27N5O4S. The number of nitrogens with one attached hydrogen (secondary N) is 1. The highest BCUT2D eigenvalue weighted by molar-refractivity contribution is 7.80. The molecule has 2 atom stereocenters. The molecule has 5 rings (SSSR count). The Morgan fingerprint density at radius 3 is 2.45 bits per heavy atom. The van der Waals surface area contributed by atoms with E-state index in [-0.39, 0.29) is 22.7 Å². The van der Waals surface area contributed by atoms with Crippen molar-refractivity contribution in [3.63, 3.8) is 0 Å². The third-order valence-electron chi connectivity index (χ3n) is 6.85. The summed E-state index contributed by atoms with van der Waals surface area (Å²) in [6.07, 6.45) is 1.76. The number of methoxy groups -OCH3 is 2. The molecular weight excluding hydrogens is 502 g/mol. The molecule has 0 bridgehead atoms. The van der Waals surface area contributed by atoms with Crippen LogP contribution in [0, 0.1) is 24.0 Å². The number of hydrogen-bond acceptors (Lipinski definition) is 6. The molecule has 194 valence electrons. The highest BCUT2D eigenvalue weighted by Gasteiger charge is 2.43. The molecule has 1 fully saturated rings. The Kier molecular flexibility index (Phi) is 6.73. The number of ether oxygens (including phenoxy) is 2. The number of anilines is 1. The van der Waals surface area contributed by atoms with Gasteiger partial charge in [-0.3, -0.25) is 15.1 Å². The number of nitro benzene ring substituents is 1. The van der Waals surface area contributed by atoms with Gasteiger partial charge < -0.3 is 24.3 Å². The Balaban J connectivity index is 1.72. The molecule has 0 amide bonds. The summed E-state index contributed by atoms with van der Waals surface area (Å²) in [6, 6.07) is 19.9. The van der Waals surface area contributed by atoms with Gasteiger partial charge in [0.2, 0.25) is 0 Å². The second-order valence-electron chi connectivity index (χ2n) is 8.94. The summed E-state index contributed by atoms with van der Waals surface area (Å²) in [5.41, 5.74) is 4.73. The molecule has 10 heteroatoms. The SMILES string of the molecule is COc1ccc(-n2c(C)cc([C@@H]3[C@H](c4ccccn4)NC(=S)N3c3ccccc3OC)c2C)c([N+](=O)[O-])c1. The smallest absolute Gasteiger partial charge is 0.296 e. The summed E-state index contributed by atoms with van der Waals surface area (Å²) in [4.78, 5) is 18.3. The van der Waals surface area contributed by atoms with Crippen LogP contribution in [-0.4, -0.2) is 33.8 Å². The van der Waals surface area contributed by atoms with Crippen molar-refractivity contribution in [3.8, 4) is 17.2 Å². The van der Waals surface area contributed by atoms with E-state index in [1.54, 1.807) is 25.4 Å². The molecule has 0 radical (unpaired) electrons. The van der Waals surface area contributed by atoms with E-state index in [1.807, 2.05) is 65.8 Å². The lowest BCUT2D eigenvalue weighted by atomic mass is 9.96. The topological polar surface area (TPSA) is 94.7 Å². The van der Waals surface area contributed by atoms with E-state index in [4.69, 9.17) is 21.7 Å². The van der Waals surface area contributed by atoms with Crippen molar-refractivity contribution in [1.82, 2.24) is 14.9 Å². The molecule has 2 aromatic carbocycles. The zero-order chi connectivity index (χ0) is 27.0. The van der Waals surface area contributed by atoms with Crippen LogP contribution >= 0.6 is 12.2 Å². The van der Waals surface area contributed by atoms with Crippen molar-refractivity contribution < 1.29 is 14.4 Å². The number of hydrogen-bond donors (Lipinski definition) is 1. The molecule has 0 saturated carbocycles. The number of thiocarbonyl (C=S) groups is 1. The van der Waals surface area contributed by atoms with E-state index in [0.29, 0.717) is 22.3 Å². The van der Waals surface area contributed by atoms with Crippen molar-refractivity contribution in [2.75, 3.05) is 19.1 Å². The van der Waals surface area contributed by atoms with Gasteiger partial charge in [0.1, 0.15) is 17.2 Å².